The van der Waals surface area contributed by atoms with Gasteiger partial charge in [-0.05, 0) is 56.1 Å². The molecule has 34 heavy (non-hydrogen) atoms. The highest BCUT2D eigenvalue weighted by molar-refractivity contribution is 5.81. The van der Waals surface area contributed by atoms with E-state index in [-0.39, 0.29) is 23.3 Å². The van der Waals surface area contributed by atoms with E-state index in [1.54, 1.807) is 7.11 Å². The van der Waals surface area contributed by atoms with E-state index in [0.717, 1.165) is 49.2 Å². The Labute approximate surface area is 203 Å². The highest BCUT2D eigenvalue weighted by atomic mass is 19.1. The molecule has 2 heterocycles. The van der Waals surface area contributed by atoms with Crippen molar-refractivity contribution in [1.82, 2.24) is 4.90 Å². The van der Waals surface area contributed by atoms with Gasteiger partial charge >= 0.3 is 0 Å². The number of methoxy groups -OCH3 is 1. The SMILES string of the molecule is CC[C@@H](C(=O)N1CCC(c2ccccc2)CC1CCF)[C@]1(CC)CCOc2c(OC)cccc21. The van der Waals surface area contributed by atoms with Crippen molar-refractivity contribution in [2.24, 2.45) is 5.92 Å². The quantitative estimate of drug-likeness (QED) is 0.458. The molecular formula is C29H38FNO3. The van der Waals surface area contributed by atoms with Crippen LogP contribution >= 0.6 is 0 Å². The number of halogens is 1. The Kier molecular flexibility index (Phi) is 7.80. The van der Waals surface area contributed by atoms with Gasteiger partial charge in [0.25, 0.3) is 0 Å². The maximum atomic E-state index is 14.2. The number of benzene rings is 2. The molecule has 4 atom stereocenters. The van der Waals surface area contributed by atoms with Crippen molar-refractivity contribution >= 4 is 5.91 Å². The van der Waals surface area contributed by atoms with E-state index in [4.69, 9.17) is 9.47 Å². The fraction of sp³-hybridized carbons (Fsp3) is 0.552. The van der Waals surface area contributed by atoms with Crippen molar-refractivity contribution in [3.05, 3.63) is 59.7 Å². The zero-order valence-corrected chi connectivity index (χ0v) is 20.8. The summed E-state index contributed by atoms with van der Waals surface area (Å²) in [5.74, 6) is 1.85. The van der Waals surface area contributed by atoms with Crippen LogP contribution in [-0.2, 0) is 10.2 Å². The number of amides is 1. The lowest BCUT2D eigenvalue weighted by atomic mass is 9.63. The molecule has 0 saturated carbocycles. The molecule has 1 fully saturated rings. The second kappa shape index (κ2) is 10.8. The maximum Gasteiger partial charge on any atom is 0.226 e. The number of alkyl halides is 1. The zero-order chi connectivity index (χ0) is 24.1. The van der Waals surface area contributed by atoms with Gasteiger partial charge in [-0.2, -0.15) is 0 Å². The fourth-order valence-corrected chi connectivity index (χ4v) is 6.43. The number of ether oxygens (including phenoxy) is 2. The first-order valence-corrected chi connectivity index (χ1v) is 12.8. The van der Waals surface area contributed by atoms with E-state index in [1.807, 2.05) is 23.1 Å². The first-order chi connectivity index (χ1) is 16.6. The molecule has 0 aromatic heterocycles. The largest absolute Gasteiger partial charge is 0.493 e. The summed E-state index contributed by atoms with van der Waals surface area (Å²) in [6.07, 6.45) is 4.52. The third kappa shape index (κ3) is 4.42. The van der Waals surface area contributed by atoms with Gasteiger partial charge in [0.2, 0.25) is 5.91 Å². The minimum absolute atomic E-state index is 0.0657. The van der Waals surface area contributed by atoms with Crippen LogP contribution in [0.3, 0.4) is 0 Å². The van der Waals surface area contributed by atoms with E-state index in [1.165, 1.54) is 5.56 Å². The van der Waals surface area contributed by atoms with Gasteiger partial charge in [-0.3, -0.25) is 9.18 Å². The molecule has 1 saturated heterocycles. The standard InChI is InChI=1S/C29H38FNO3/c1-4-24(29(5-2)16-19-34-27-25(29)12-9-13-26(27)33-3)28(32)31-18-15-22(20-23(31)14-17-30)21-10-7-6-8-11-21/h6-13,22-24H,4-5,14-20H2,1-3H3/t22?,23?,24-,29-/m0/s1. The molecule has 4 rings (SSSR count). The van der Waals surface area contributed by atoms with Crippen LogP contribution in [0.1, 0.15) is 69.4 Å². The predicted molar refractivity (Wildman–Crippen MR) is 133 cm³/mol. The second-order valence-corrected chi connectivity index (χ2v) is 9.70. The molecule has 0 aliphatic carbocycles. The molecule has 0 spiro atoms. The number of carbonyl (C=O) groups excluding carboxylic acids is 1. The van der Waals surface area contributed by atoms with Crippen LogP contribution in [0, 0.1) is 5.92 Å². The van der Waals surface area contributed by atoms with Gasteiger partial charge < -0.3 is 14.4 Å². The Morgan fingerprint density at radius 3 is 2.68 bits per heavy atom. The predicted octanol–water partition coefficient (Wildman–Crippen LogP) is 6.29. The molecule has 184 valence electrons. The molecule has 2 aliphatic rings. The number of likely N-dealkylation sites (tertiary alicyclic amines) is 1. The Bertz CT molecular complexity index is 965. The van der Waals surface area contributed by atoms with E-state index in [2.05, 4.69) is 44.2 Å². The van der Waals surface area contributed by atoms with Crippen LogP contribution in [0.25, 0.3) is 0 Å². The van der Waals surface area contributed by atoms with Gasteiger partial charge in [-0.25, -0.2) is 0 Å². The summed E-state index contributed by atoms with van der Waals surface area (Å²) in [4.78, 5) is 16.2. The van der Waals surface area contributed by atoms with Crippen molar-refractivity contribution in [2.45, 2.75) is 69.7 Å². The van der Waals surface area contributed by atoms with E-state index in [9.17, 15) is 9.18 Å². The van der Waals surface area contributed by atoms with Gasteiger partial charge in [0.15, 0.2) is 11.5 Å². The molecule has 0 radical (unpaired) electrons. The molecule has 0 N–H and O–H groups in total. The van der Waals surface area contributed by atoms with Crippen LogP contribution in [0.5, 0.6) is 11.5 Å². The lowest BCUT2D eigenvalue weighted by Crippen LogP contribution is -2.53. The van der Waals surface area contributed by atoms with Crippen molar-refractivity contribution < 1.29 is 18.7 Å². The van der Waals surface area contributed by atoms with Crippen LogP contribution in [0.4, 0.5) is 4.39 Å². The van der Waals surface area contributed by atoms with Crippen LogP contribution < -0.4 is 9.47 Å². The number of hydrogen-bond donors (Lipinski definition) is 0. The molecule has 2 aromatic carbocycles. The highest BCUT2D eigenvalue weighted by Gasteiger charge is 2.48. The molecule has 2 aliphatic heterocycles. The molecule has 2 aromatic rings. The normalized spacial score (nSPS) is 25.2. The molecular weight excluding hydrogens is 429 g/mol. The Hall–Kier alpha value is -2.56. The molecule has 5 heteroatoms. The fourth-order valence-electron chi connectivity index (χ4n) is 6.43. The van der Waals surface area contributed by atoms with Gasteiger partial charge in [0.1, 0.15) is 0 Å². The maximum absolute atomic E-state index is 14.2. The summed E-state index contributed by atoms with van der Waals surface area (Å²) in [6.45, 7) is 5.12. The summed E-state index contributed by atoms with van der Waals surface area (Å²) in [5, 5.41) is 0. The number of nitrogens with zero attached hydrogens (tertiary/aromatic N) is 1. The number of carbonyl (C=O) groups is 1. The number of para-hydroxylation sites is 1. The average Bonchev–Trinajstić information content (AvgIpc) is 2.89. The van der Waals surface area contributed by atoms with Gasteiger partial charge in [0, 0.05) is 29.5 Å². The van der Waals surface area contributed by atoms with Crippen molar-refractivity contribution in [1.29, 1.82) is 0 Å². The minimum atomic E-state index is -0.403. The lowest BCUT2D eigenvalue weighted by Gasteiger charge is -2.47. The van der Waals surface area contributed by atoms with E-state index in [0.29, 0.717) is 25.5 Å². The van der Waals surface area contributed by atoms with E-state index < -0.39 is 6.67 Å². The van der Waals surface area contributed by atoms with Crippen molar-refractivity contribution in [3.8, 4) is 11.5 Å². The molecule has 4 nitrogen and oxygen atoms in total. The topological polar surface area (TPSA) is 38.8 Å². The molecule has 1 amide bonds. The number of piperidine rings is 1. The third-order valence-electron chi connectivity index (χ3n) is 8.25. The third-order valence-corrected chi connectivity index (χ3v) is 8.25. The van der Waals surface area contributed by atoms with Crippen molar-refractivity contribution in [3.63, 3.8) is 0 Å². The number of fused-ring (bicyclic) bond motifs is 1. The van der Waals surface area contributed by atoms with Crippen molar-refractivity contribution in [2.75, 3.05) is 26.9 Å². The number of hydrogen-bond acceptors (Lipinski definition) is 3. The van der Waals surface area contributed by atoms with Gasteiger partial charge in [-0.15, -0.1) is 0 Å². The van der Waals surface area contributed by atoms with Crippen LogP contribution in [0.2, 0.25) is 0 Å². The molecule has 0 bridgehead atoms. The van der Waals surface area contributed by atoms with Crippen LogP contribution in [0.15, 0.2) is 48.5 Å². The lowest BCUT2D eigenvalue weighted by molar-refractivity contribution is -0.143. The number of rotatable bonds is 8. The smallest absolute Gasteiger partial charge is 0.226 e. The first-order valence-electron chi connectivity index (χ1n) is 12.8. The first kappa shape index (κ1) is 24.6. The second-order valence-electron chi connectivity index (χ2n) is 9.70. The monoisotopic (exact) mass is 467 g/mol. The summed E-state index contributed by atoms with van der Waals surface area (Å²) in [5.41, 5.74) is 2.05. The minimum Gasteiger partial charge on any atom is -0.493 e. The van der Waals surface area contributed by atoms with Gasteiger partial charge in [-0.1, -0.05) is 56.3 Å². The Morgan fingerprint density at radius 1 is 1.21 bits per heavy atom. The summed E-state index contributed by atoms with van der Waals surface area (Å²) in [6, 6.07) is 16.4. The molecule has 2 unspecified atom stereocenters. The summed E-state index contributed by atoms with van der Waals surface area (Å²) < 4.78 is 25.3. The zero-order valence-electron chi connectivity index (χ0n) is 20.8. The Balaban J connectivity index is 1.64. The summed E-state index contributed by atoms with van der Waals surface area (Å²) >= 11 is 0. The van der Waals surface area contributed by atoms with Gasteiger partial charge in [0.05, 0.1) is 20.4 Å². The van der Waals surface area contributed by atoms with Crippen LogP contribution in [-0.4, -0.2) is 43.8 Å². The van der Waals surface area contributed by atoms with E-state index >= 15 is 0 Å². The summed E-state index contributed by atoms with van der Waals surface area (Å²) in [7, 11) is 1.65. The highest BCUT2D eigenvalue weighted by Crippen LogP contribution is 2.51. The average molecular weight is 468 g/mol. The Morgan fingerprint density at radius 2 is 2.00 bits per heavy atom.